The van der Waals surface area contributed by atoms with Crippen molar-refractivity contribution < 1.29 is 14.3 Å². The number of likely N-dealkylation sites (tertiary alicyclic amines) is 1. The van der Waals surface area contributed by atoms with Gasteiger partial charge in [-0.2, -0.15) is 0 Å². The molecule has 6 heteroatoms. The molecule has 0 bridgehead atoms. The molecule has 0 aliphatic carbocycles. The Hall–Kier alpha value is -1.63. The molecular formula is C14H21N3O3. The van der Waals surface area contributed by atoms with E-state index in [1.165, 1.54) is 0 Å². The Kier molecular flexibility index (Phi) is 5.34. The Morgan fingerprint density at radius 2 is 2.20 bits per heavy atom. The van der Waals surface area contributed by atoms with Crippen molar-refractivity contribution in [3.8, 4) is 5.75 Å². The molecule has 6 nitrogen and oxygen atoms in total. The van der Waals surface area contributed by atoms with Crippen LogP contribution in [0.2, 0.25) is 0 Å². The van der Waals surface area contributed by atoms with E-state index in [0.29, 0.717) is 18.3 Å². The molecule has 1 saturated heterocycles. The lowest BCUT2D eigenvalue weighted by Gasteiger charge is -2.16. The monoisotopic (exact) mass is 279 g/mol. The first-order valence-electron chi connectivity index (χ1n) is 6.72. The summed E-state index contributed by atoms with van der Waals surface area (Å²) in [4.78, 5) is 13.6. The van der Waals surface area contributed by atoms with E-state index >= 15 is 0 Å². The molecule has 2 rings (SSSR count). The van der Waals surface area contributed by atoms with Crippen molar-refractivity contribution in [1.29, 1.82) is 0 Å². The second-order valence-electron chi connectivity index (χ2n) is 4.79. The predicted molar refractivity (Wildman–Crippen MR) is 75.4 cm³/mol. The molecule has 1 aromatic rings. The van der Waals surface area contributed by atoms with Crippen LogP contribution in [0.15, 0.2) is 24.3 Å². The van der Waals surface area contributed by atoms with Crippen LogP contribution in [0.3, 0.4) is 0 Å². The number of nitrogens with two attached hydrogens (primary N) is 1. The maximum atomic E-state index is 11.3. The van der Waals surface area contributed by atoms with Crippen molar-refractivity contribution in [3.63, 3.8) is 0 Å². The second kappa shape index (κ2) is 7.23. The Labute approximate surface area is 118 Å². The molecule has 0 aromatic heterocycles. The van der Waals surface area contributed by atoms with Gasteiger partial charge in [-0.25, -0.2) is 5.84 Å². The normalized spacial score (nSPS) is 19.0. The number of benzene rings is 1. The molecule has 1 fully saturated rings. The van der Waals surface area contributed by atoms with Gasteiger partial charge in [-0.1, -0.05) is 0 Å². The summed E-state index contributed by atoms with van der Waals surface area (Å²) >= 11 is 0. The minimum Gasteiger partial charge on any atom is -0.492 e. The molecule has 20 heavy (non-hydrogen) atoms. The number of hydrazine groups is 1. The Morgan fingerprint density at radius 3 is 2.80 bits per heavy atom. The lowest BCUT2D eigenvalue weighted by molar-refractivity contribution is 0.0953. The maximum absolute atomic E-state index is 11.3. The molecule has 0 saturated carbocycles. The van der Waals surface area contributed by atoms with E-state index < -0.39 is 0 Å². The molecule has 1 heterocycles. The average Bonchev–Trinajstić information content (AvgIpc) is 2.95. The summed E-state index contributed by atoms with van der Waals surface area (Å²) in [6.07, 6.45) is 1.43. The van der Waals surface area contributed by atoms with Crippen molar-refractivity contribution in [2.75, 3.05) is 33.4 Å². The van der Waals surface area contributed by atoms with E-state index in [1.807, 2.05) is 0 Å². The van der Waals surface area contributed by atoms with Crippen LogP contribution in [0.5, 0.6) is 5.75 Å². The van der Waals surface area contributed by atoms with E-state index in [2.05, 4.69) is 10.3 Å². The molecule has 110 valence electrons. The predicted octanol–water partition coefficient (Wildman–Crippen LogP) is 0.390. The Morgan fingerprint density at radius 1 is 1.45 bits per heavy atom. The largest absolute Gasteiger partial charge is 0.492 e. The molecule has 1 aromatic carbocycles. The van der Waals surface area contributed by atoms with E-state index in [1.54, 1.807) is 31.4 Å². The van der Waals surface area contributed by atoms with Crippen LogP contribution in [0.25, 0.3) is 0 Å². The van der Waals surface area contributed by atoms with Gasteiger partial charge in [-0.05, 0) is 30.7 Å². The third-order valence-corrected chi connectivity index (χ3v) is 3.49. The maximum Gasteiger partial charge on any atom is 0.265 e. The van der Waals surface area contributed by atoms with Gasteiger partial charge in [0.1, 0.15) is 12.4 Å². The molecule has 0 radical (unpaired) electrons. The fourth-order valence-corrected chi connectivity index (χ4v) is 2.27. The van der Waals surface area contributed by atoms with Gasteiger partial charge in [0.05, 0.1) is 6.10 Å². The van der Waals surface area contributed by atoms with Gasteiger partial charge in [-0.15, -0.1) is 0 Å². The number of rotatable bonds is 6. The molecule has 1 atom stereocenters. The first kappa shape index (κ1) is 14.8. The molecular weight excluding hydrogens is 258 g/mol. The van der Waals surface area contributed by atoms with E-state index in [9.17, 15) is 4.79 Å². The number of amides is 1. The van der Waals surface area contributed by atoms with Crippen LogP contribution in [0.4, 0.5) is 0 Å². The first-order valence-corrected chi connectivity index (χ1v) is 6.72. The van der Waals surface area contributed by atoms with Gasteiger partial charge in [0, 0.05) is 32.3 Å². The highest BCUT2D eigenvalue weighted by molar-refractivity contribution is 5.93. The number of hydrogen-bond donors (Lipinski definition) is 2. The summed E-state index contributed by atoms with van der Waals surface area (Å²) in [7, 11) is 1.75. The van der Waals surface area contributed by atoms with Gasteiger partial charge < -0.3 is 9.47 Å². The number of ether oxygens (including phenoxy) is 2. The van der Waals surface area contributed by atoms with Crippen LogP contribution >= 0.6 is 0 Å². The van der Waals surface area contributed by atoms with Gasteiger partial charge in [0.25, 0.3) is 5.91 Å². The quantitative estimate of drug-likeness (QED) is 0.447. The zero-order chi connectivity index (χ0) is 14.4. The topological polar surface area (TPSA) is 76.8 Å². The van der Waals surface area contributed by atoms with Crippen molar-refractivity contribution in [2.24, 2.45) is 5.84 Å². The summed E-state index contributed by atoms with van der Waals surface area (Å²) in [6, 6.07) is 6.92. The highest BCUT2D eigenvalue weighted by Crippen LogP contribution is 2.14. The van der Waals surface area contributed by atoms with Crippen LogP contribution < -0.4 is 16.0 Å². The van der Waals surface area contributed by atoms with Gasteiger partial charge in [0.2, 0.25) is 0 Å². The van der Waals surface area contributed by atoms with E-state index in [0.717, 1.165) is 31.8 Å². The molecule has 1 aliphatic heterocycles. The fourth-order valence-electron chi connectivity index (χ4n) is 2.27. The van der Waals surface area contributed by atoms with Crippen molar-refractivity contribution in [3.05, 3.63) is 29.8 Å². The van der Waals surface area contributed by atoms with Crippen molar-refractivity contribution in [2.45, 2.75) is 12.5 Å². The molecule has 3 N–H and O–H groups in total. The fraction of sp³-hybridized carbons (Fsp3) is 0.500. The van der Waals surface area contributed by atoms with Crippen LogP contribution in [-0.2, 0) is 4.74 Å². The zero-order valence-corrected chi connectivity index (χ0v) is 11.7. The number of hydrogen-bond acceptors (Lipinski definition) is 5. The third kappa shape index (κ3) is 3.93. The van der Waals surface area contributed by atoms with Crippen LogP contribution in [0, 0.1) is 0 Å². The number of nitrogens with one attached hydrogen (secondary N) is 1. The molecule has 1 aliphatic rings. The molecule has 1 unspecified atom stereocenters. The number of nitrogen functional groups attached to an aromatic ring is 1. The molecule has 0 spiro atoms. The van der Waals surface area contributed by atoms with Gasteiger partial charge >= 0.3 is 0 Å². The van der Waals surface area contributed by atoms with Gasteiger partial charge in [-0.3, -0.25) is 15.1 Å². The summed E-state index contributed by atoms with van der Waals surface area (Å²) in [5.74, 6) is 5.51. The first-order chi connectivity index (χ1) is 9.72. The molecule has 1 amide bonds. The summed E-state index contributed by atoms with van der Waals surface area (Å²) in [5.41, 5.74) is 2.61. The highest BCUT2D eigenvalue weighted by Gasteiger charge is 2.21. The SMILES string of the molecule is COC1CCN(CCOc2ccc(C(=O)NN)cc2)C1. The number of carbonyl (C=O) groups excluding carboxylic acids is 1. The minimum atomic E-state index is -0.306. The van der Waals surface area contributed by atoms with Crippen LogP contribution in [-0.4, -0.2) is 50.3 Å². The summed E-state index contributed by atoms with van der Waals surface area (Å²) < 4.78 is 11.0. The Bertz CT molecular complexity index is 436. The third-order valence-electron chi connectivity index (χ3n) is 3.49. The minimum absolute atomic E-state index is 0.306. The number of nitrogens with zero attached hydrogens (tertiary/aromatic N) is 1. The van der Waals surface area contributed by atoms with Crippen LogP contribution in [0.1, 0.15) is 16.8 Å². The zero-order valence-electron chi connectivity index (χ0n) is 11.7. The van der Waals surface area contributed by atoms with Gasteiger partial charge in [0.15, 0.2) is 0 Å². The number of carbonyl (C=O) groups is 1. The van der Waals surface area contributed by atoms with E-state index in [4.69, 9.17) is 15.3 Å². The standard InChI is InChI=1S/C14H21N3O3/c1-19-13-6-7-17(10-13)8-9-20-12-4-2-11(3-5-12)14(18)16-15/h2-5,13H,6-10,15H2,1H3,(H,16,18). The summed E-state index contributed by atoms with van der Waals surface area (Å²) in [5, 5.41) is 0. The highest BCUT2D eigenvalue weighted by atomic mass is 16.5. The Balaban J connectivity index is 1.73. The lowest BCUT2D eigenvalue weighted by Crippen LogP contribution is -2.29. The number of methoxy groups -OCH3 is 1. The van der Waals surface area contributed by atoms with Crippen molar-refractivity contribution >= 4 is 5.91 Å². The lowest BCUT2D eigenvalue weighted by atomic mass is 10.2. The second-order valence-corrected chi connectivity index (χ2v) is 4.79. The van der Waals surface area contributed by atoms with Crippen molar-refractivity contribution in [1.82, 2.24) is 10.3 Å². The van der Waals surface area contributed by atoms with E-state index in [-0.39, 0.29) is 5.91 Å². The smallest absolute Gasteiger partial charge is 0.265 e. The summed E-state index contributed by atoms with van der Waals surface area (Å²) in [6.45, 7) is 3.52. The average molecular weight is 279 g/mol.